The number of aliphatic hydroxyl groups is 1. The van der Waals surface area contributed by atoms with Gasteiger partial charge in [0, 0.05) is 0 Å². The smallest absolute Gasteiger partial charge is 0.0741 e. The molecule has 0 fully saturated rings. The third kappa shape index (κ3) is 3.46. The monoisotopic (exact) mass is 175 g/mol. The van der Waals surface area contributed by atoms with Gasteiger partial charge in [-0.05, 0) is 17.5 Å². The molecule has 0 spiro atoms. The molecule has 4 heteroatoms. The highest BCUT2D eigenvalue weighted by molar-refractivity contribution is 7.80. The van der Waals surface area contributed by atoms with Crippen LogP contribution in [0.25, 0.3) is 0 Å². The molecule has 0 aliphatic heterocycles. The molecule has 0 rings (SSSR count). The van der Waals surface area contributed by atoms with Crippen molar-refractivity contribution in [2.75, 3.05) is 0 Å². The summed E-state index contributed by atoms with van der Waals surface area (Å²) in [7, 11) is 0. The summed E-state index contributed by atoms with van der Waals surface area (Å²) >= 11 is -2.30. The topological polar surface area (TPSA) is 60.4 Å². The van der Waals surface area contributed by atoms with E-state index in [-0.39, 0.29) is 6.42 Å². The molecule has 0 bridgehead atoms. The minimum Gasteiger partial charge on any atom is -0.772 e. The highest BCUT2D eigenvalue weighted by atomic mass is 32.2. The van der Waals surface area contributed by atoms with Gasteiger partial charge in [-0.25, -0.2) is 0 Å². The second kappa shape index (κ2) is 5.23. The van der Waals surface area contributed by atoms with E-state index < -0.39 is 22.4 Å². The normalized spacial score (nSPS) is 18.4. The summed E-state index contributed by atoms with van der Waals surface area (Å²) in [5, 5.41) is 8.25. The quantitative estimate of drug-likeness (QED) is 0.484. The van der Waals surface area contributed by atoms with Crippen molar-refractivity contribution in [2.24, 2.45) is 0 Å². The van der Waals surface area contributed by atoms with Gasteiger partial charge in [0.1, 0.15) is 0 Å². The van der Waals surface area contributed by atoms with E-state index in [1.165, 1.54) is 12.2 Å². The van der Waals surface area contributed by atoms with Gasteiger partial charge >= 0.3 is 0 Å². The second-order valence-corrected chi connectivity index (χ2v) is 3.12. The summed E-state index contributed by atoms with van der Waals surface area (Å²) in [6.45, 7) is 6.68. The van der Waals surface area contributed by atoms with Crippen molar-refractivity contribution in [1.82, 2.24) is 0 Å². The predicted molar refractivity (Wildman–Crippen MR) is 43.7 cm³/mol. The summed E-state index contributed by atoms with van der Waals surface area (Å²) in [6.07, 6.45) is 2.00. The Morgan fingerprint density at radius 2 is 2.18 bits per heavy atom. The van der Waals surface area contributed by atoms with Crippen LogP contribution in [0.3, 0.4) is 0 Å². The minimum atomic E-state index is -2.30. The van der Waals surface area contributed by atoms with Gasteiger partial charge in [-0.2, -0.15) is 0 Å². The fraction of sp³-hybridized carbons (Fsp3) is 0.429. The van der Waals surface area contributed by atoms with Crippen molar-refractivity contribution < 1.29 is 13.9 Å². The van der Waals surface area contributed by atoms with Crippen LogP contribution in [0.5, 0.6) is 0 Å². The molecule has 0 saturated carbocycles. The fourth-order valence-electron chi connectivity index (χ4n) is 0.669. The molecule has 0 aromatic carbocycles. The molecule has 0 amide bonds. The molecule has 0 heterocycles. The predicted octanol–water partition coefficient (Wildman–Crippen LogP) is 0.357. The third-order valence-electron chi connectivity index (χ3n) is 1.24. The van der Waals surface area contributed by atoms with Crippen molar-refractivity contribution in [3.63, 3.8) is 0 Å². The van der Waals surface area contributed by atoms with E-state index in [4.69, 9.17) is 5.11 Å². The number of aliphatic hydroxyl groups excluding tert-OH is 1. The molecule has 1 N–H and O–H groups in total. The summed E-state index contributed by atoms with van der Waals surface area (Å²) in [4.78, 5) is 0. The van der Waals surface area contributed by atoms with E-state index in [1.54, 1.807) is 0 Å². The minimum absolute atomic E-state index is 0.255. The molecule has 11 heavy (non-hydrogen) atoms. The van der Waals surface area contributed by atoms with E-state index in [0.717, 1.165) is 0 Å². The Morgan fingerprint density at radius 3 is 2.45 bits per heavy atom. The average molecular weight is 175 g/mol. The average Bonchev–Trinajstić information content (AvgIpc) is 1.88. The maximum atomic E-state index is 10.4. The number of hydrogen-bond donors (Lipinski definition) is 1. The van der Waals surface area contributed by atoms with Crippen LogP contribution < -0.4 is 0 Å². The Hall–Kier alpha value is -0.450. The van der Waals surface area contributed by atoms with Gasteiger partial charge in [-0.15, -0.1) is 13.2 Å². The molecule has 0 aliphatic rings. The summed E-state index contributed by atoms with van der Waals surface area (Å²) in [5.41, 5.74) is 0. The summed E-state index contributed by atoms with van der Waals surface area (Å²) < 4.78 is 20.8. The van der Waals surface area contributed by atoms with Crippen LogP contribution in [0.2, 0.25) is 0 Å². The van der Waals surface area contributed by atoms with Gasteiger partial charge < -0.3 is 9.66 Å². The van der Waals surface area contributed by atoms with Crippen molar-refractivity contribution >= 4 is 11.1 Å². The van der Waals surface area contributed by atoms with Crippen molar-refractivity contribution in [1.29, 1.82) is 0 Å². The Balaban J connectivity index is 4.12. The molecule has 0 aromatic heterocycles. The van der Waals surface area contributed by atoms with Crippen molar-refractivity contribution in [3.05, 3.63) is 25.3 Å². The van der Waals surface area contributed by atoms with Crippen LogP contribution in [0.1, 0.15) is 6.42 Å². The molecule has 0 aromatic rings. The lowest BCUT2D eigenvalue weighted by Gasteiger charge is -2.20. The van der Waals surface area contributed by atoms with Gasteiger partial charge in [-0.1, -0.05) is 12.2 Å². The van der Waals surface area contributed by atoms with E-state index >= 15 is 0 Å². The molecule has 3 atom stereocenters. The molecule has 64 valence electrons. The zero-order valence-corrected chi connectivity index (χ0v) is 6.92. The molecule has 0 radical (unpaired) electrons. The van der Waals surface area contributed by atoms with Gasteiger partial charge in [0.25, 0.3) is 0 Å². The maximum absolute atomic E-state index is 10.4. The molecular weight excluding hydrogens is 164 g/mol. The Bertz CT molecular complexity index is 167. The third-order valence-corrected chi connectivity index (χ3v) is 2.19. The SMILES string of the molecule is C=CCC(O)C(C=C)S(=O)[O-]. The van der Waals surface area contributed by atoms with Crippen LogP contribution in [0, 0.1) is 0 Å². The number of rotatable bonds is 5. The van der Waals surface area contributed by atoms with E-state index in [9.17, 15) is 8.76 Å². The van der Waals surface area contributed by atoms with Crippen LogP contribution in [-0.2, 0) is 11.1 Å². The standard InChI is InChI=1S/C7H12O3S/c1-3-5-6(8)7(4-2)11(9)10/h3-4,6-8H,1-2,5H2,(H,9,10)/p-1. The Kier molecular flexibility index (Phi) is 5.02. The van der Waals surface area contributed by atoms with Crippen LogP contribution in [0.15, 0.2) is 25.3 Å². The Labute approximate surface area is 68.7 Å². The molecular formula is C7H11O3S-. The van der Waals surface area contributed by atoms with E-state index in [2.05, 4.69) is 13.2 Å². The van der Waals surface area contributed by atoms with Gasteiger partial charge in [-0.3, -0.25) is 4.21 Å². The van der Waals surface area contributed by atoms with Crippen LogP contribution in [0.4, 0.5) is 0 Å². The number of hydrogen-bond acceptors (Lipinski definition) is 3. The first-order valence-corrected chi connectivity index (χ1v) is 4.26. The molecule has 3 nitrogen and oxygen atoms in total. The van der Waals surface area contributed by atoms with Gasteiger partial charge in [0.05, 0.1) is 11.4 Å². The Morgan fingerprint density at radius 1 is 1.64 bits per heavy atom. The lowest BCUT2D eigenvalue weighted by Crippen LogP contribution is -2.27. The van der Waals surface area contributed by atoms with Gasteiger partial charge in [0.2, 0.25) is 0 Å². The zero-order chi connectivity index (χ0) is 8.85. The zero-order valence-electron chi connectivity index (χ0n) is 6.10. The molecule has 0 saturated heterocycles. The van der Waals surface area contributed by atoms with Crippen molar-refractivity contribution in [2.45, 2.75) is 17.8 Å². The largest absolute Gasteiger partial charge is 0.772 e. The lowest BCUT2D eigenvalue weighted by molar-refractivity contribution is 0.182. The maximum Gasteiger partial charge on any atom is 0.0741 e. The first-order valence-electron chi connectivity index (χ1n) is 3.13. The summed E-state index contributed by atoms with van der Waals surface area (Å²) in [5.74, 6) is 0. The summed E-state index contributed by atoms with van der Waals surface area (Å²) in [6, 6.07) is 0. The highest BCUT2D eigenvalue weighted by Crippen LogP contribution is 2.06. The van der Waals surface area contributed by atoms with Crippen molar-refractivity contribution in [3.8, 4) is 0 Å². The van der Waals surface area contributed by atoms with E-state index in [1.807, 2.05) is 0 Å². The van der Waals surface area contributed by atoms with E-state index in [0.29, 0.717) is 0 Å². The van der Waals surface area contributed by atoms with Crippen LogP contribution >= 0.6 is 0 Å². The lowest BCUT2D eigenvalue weighted by atomic mass is 10.2. The van der Waals surface area contributed by atoms with Gasteiger partial charge in [0.15, 0.2) is 0 Å². The first-order chi connectivity index (χ1) is 5.13. The first kappa shape index (κ1) is 10.6. The van der Waals surface area contributed by atoms with Crippen LogP contribution in [-0.4, -0.2) is 25.2 Å². The molecule has 3 unspecified atom stereocenters. The highest BCUT2D eigenvalue weighted by Gasteiger charge is 2.14. The molecule has 0 aliphatic carbocycles. The fourth-order valence-corrected chi connectivity index (χ4v) is 1.19. The second-order valence-electron chi connectivity index (χ2n) is 2.05.